The largest absolute Gasteiger partial charge is 0.490 e. The summed E-state index contributed by atoms with van der Waals surface area (Å²) in [5.74, 6) is -8.10. The Balaban J connectivity index is 0.000000352. The molecule has 3 N–H and O–H groups in total. The van der Waals surface area contributed by atoms with Crippen LogP contribution < -0.4 is 4.74 Å². The smallest absolute Gasteiger partial charge is 0.475 e. The number of carbonyl (C=O) groups is 3. The summed E-state index contributed by atoms with van der Waals surface area (Å²) in [7, 11) is -3.80. The van der Waals surface area contributed by atoms with Gasteiger partial charge in [0.25, 0.3) is 0 Å². The standard InChI is InChI=1S/C21H21N5O3S.3C2HF3O2/c27-30(28)20-7-4-10-24-21(20)29-19-15-25(12-16-5-3-8-22-11-16)14-18(19)26(30)13-17-6-1-2-9-23-17;3*3-2(4,5)1(6)7/h1-11,18-19H,12-15H2;3*(H,6,7). The van der Waals surface area contributed by atoms with Gasteiger partial charge in [0.05, 0.1) is 18.3 Å². The van der Waals surface area contributed by atoms with Crippen LogP contribution >= 0.6 is 0 Å². The summed E-state index contributed by atoms with van der Waals surface area (Å²) in [6, 6.07) is 12.3. The second-order valence-electron chi connectivity index (χ2n) is 9.87. The fraction of sp³-hybridized carbons (Fsp3) is 0.333. The minimum atomic E-state index is -5.08. The number of ether oxygens (including phenoxy) is 1. The van der Waals surface area contributed by atoms with Crippen LogP contribution in [0.1, 0.15) is 11.3 Å². The van der Waals surface area contributed by atoms with Crippen LogP contribution in [0.15, 0.2) is 72.1 Å². The number of halogens is 9. The maximum absolute atomic E-state index is 13.6. The molecular weight excluding hydrogens is 741 g/mol. The van der Waals surface area contributed by atoms with Gasteiger partial charge in [-0.3, -0.25) is 14.9 Å². The quantitative estimate of drug-likeness (QED) is 0.326. The van der Waals surface area contributed by atoms with Gasteiger partial charge in [0, 0.05) is 44.4 Å². The van der Waals surface area contributed by atoms with E-state index >= 15 is 0 Å². The Bertz CT molecular complexity index is 1670. The molecule has 5 heterocycles. The molecule has 3 aromatic heterocycles. The zero-order valence-corrected chi connectivity index (χ0v) is 26.0. The Morgan fingerprint density at radius 2 is 1.27 bits per heavy atom. The Labute approximate surface area is 280 Å². The molecule has 0 saturated carbocycles. The van der Waals surface area contributed by atoms with Crippen molar-refractivity contribution in [2.75, 3.05) is 13.1 Å². The summed E-state index contributed by atoms with van der Waals surface area (Å²) < 4.78 is 130. The summed E-state index contributed by atoms with van der Waals surface area (Å²) in [5, 5.41) is 21.4. The van der Waals surface area contributed by atoms with Gasteiger partial charge in [-0.2, -0.15) is 43.8 Å². The molecule has 0 amide bonds. The molecule has 3 aromatic rings. The molecule has 0 spiro atoms. The summed E-state index contributed by atoms with van der Waals surface area (Å²) in [5.41, 5.74) is 1.77. The van der Waals surface area contributed by atoms with E-state index in [2.05, 4.69) is 19.9 Å². The van der Waals surface area contributed by atoms with Crippen molar-refractivity contribution >= 4 is 27.9 Å². The average molecular weight is 766 g/mol. The molecule has 2 atom stereocenters. The number of carboxylic acids is 3. The molecule has 14 nitrogen and oxygen atoms in total. The number of likely N-dealkylation sites (tertiary alicyclic amines) is 1. The van der Waals surface area contributed by atoms with Crippen LogP contribution in [-0.4, -0.2) is 110 Å². The van der Waals surface area contributed by atoms with Gasteiger partial charge in [0.1, 0.15) is 11.0 Å². The van der Waals surface area contributed by atoms with E-state index in [-0.39, 0.29) is 29.5 Å². The predicted octanol–water partition coefficient (Wildman–Crippen LogP) is 3.61. The third-order valence-corrected chi connectivity index (χ3v) is 8.05. The predicted molar refractivity (Wildman–Crippen MR) is 150 cm³/mol. The number of hydrogen-bond acceptors (Lipinski definition) is 10. The Hall–Kier alpha value is -5.10. The van der Waals surface area contributed by atoms with Crippen LogP contribution in [-0.2, 0) is 37.5 Å². The summed E-state index contributed by atoms with van der Waals surface area (Å²) in [6.07, 6.45) is -8.78. The molecule has 2 aliphatic heterocycles. The average Bonchev–Trinajstić information content (AvgIpc) is 3.38. The van der Waals surface area contributed by atoms with Crippen LogP contribution in [0.5, 0.6) is 5.88 Å². The number of aliphatic carboxylic acids is 3. The topological polar surface area (TPSA) is 200 Å². The van der Waals surface area contributed by atoms with Crippen LogP contribution in [0, 0.1) is 0 Å². The minimum absolute atomic E-state index is 0.106. The van der Waals surface area contributed by atoms with E-state index in [1.54, 1.807) is 30.7 Å². The number of hydrogen-bond donors (Lipinski definition) is 3. The highest BCUT2D eigenvalue weighted by Crippen LogP contribution is 2.36. The first-order chi connectivity index (χ1) is 23.4. The monoisotopic (exact) mass is 765 g/mol. The molecule has 2 unspecified atom stereocenters. The number of sulfonamides is 1. The lowest BCUT2D eigenvalue weighted by Gasteiger charge is -2.27. The lowest BCUT2D eigenvalue weighted by molar-refractivity contribution is -0.193. The fourth-order valence-electron chi connectivity index (χ4n) is 4.07. The molecule has 0 aliphatic carbocycles. The third-order valence-electron chi connectivity index (χ3n) is 6.17. The molecule has 1 saturated heterocycles. The van der Waals surface area contributed by atoms with Gasteiger partial charge < -0.3 is 20.1 Å². The zero-order chi connectivity index (χ0) is 38.8. The summed E-state index contributed by atoms with van der Waals surface area (Å²) >= 11 is 0. The van der Waals surface area contributed by atoms with Gasteiger partial charge in [0.2, 0.25) is 15.9 Å². The number of rotatable bonds is 4. The van der Waals surface area contributed by atoms with E-state index in [0.29, 0.717) is 25.3 Å². The maximum Gasteiger partial charge on any atom is 0.490 e. The lowest BCUT2D eigenvalue weighted by atomic mass is 10.2. The van der Waals surface area contributed by atoms with E-state index < -0.39 is 46.5 Å². The first-order valence-electron chi connectivity index (χ1n) is 13.5. The number of nitrogens with zero attached hydrogens (tertiary/aromatic N) is 5. The van der Waals surface area contributed by atoms with Crippen molar-refractivity contribution in [3.63, 3.8) is 0 Å². The van der Waals surface area contributed by atoms with Crippen molar-refractivity contribution in [3.05, 3.63) is 78.5 Å². The van der Waals surface area contributed by atoms with E-state index in [1.807, 2.05) is 36.5 Å². The van der Waals surface area contributed by atoms with Crippen molar-refractivity contribution in [1.29, 1.82) is 0 Å². The van der Waals surface area contributed by atoms with E-state index in [9.17, 15) is 47.9 Å². The molecular formula is C27H24F9N5O9S. The number of fused-ring (bicyclic) bond motifs is 2. The molecule has 1 fully saturated rings. The number of pyridine rings is 3. The highest BCUT2D eigenvalue weighted by atomic mass is 32.2. The highest BCUT2D eigenvalue weighted by Gasteiger charge is 2.47. The van der Waals surface area contributed by atoms with Crippen LogP contribution in [0.2, 0.25) is 0 Å². The van der Waals surface area contributed by atoms with Crippen molar-refractivity contribution in [2.24, 2.45) is 0 Å². The Morgan fingerprint density at radius 1 is 0.745 bits per heavy atom. The third kappa shape index (κ3) is 12.9. The molecule has 0 bridgehead atoms. The van der Waals surface area contributed by atoms with Crippen LogP contribution in [0.3, 0.4) is 0 Å². The molecule has 280 valence electrons. The molecule has 5 rings (SSSR count). The number of aromatic nitrogens is 3. The highest BCUT2D eigenvalue weighted by molar-refractivity contribution is 7.89. The van der Waals surface area contributed by atoms with Crippen molar-refractivity contribution in [1.82, 2.24) is 24.2 Å². The van der Waals surface area contributed by atoms with Crippen molar-refractivity contribution in [2.45, 2.75) is 48.7 Å². The Morgan fingerprint density at radius 3 is 1.75 bits per heavy atom. The molecule has 2 aliphatic rings. The van der Waals surface area contributed by atoms with E-state index in [0.717, 1.165) is 5.56 Å². The second kappa shape index (κ2) is 17.2. The fourth-order valence-corrected chi connectivity index (χ4v) is 5.75. The Kier molecular flexibility index (Phi) is 14.2. The SMILES string of the molecule is O=C(O)C(F)(F)F.O=C(O)C(F)(F)F.O=C(O)C(F)(F)F.O=S1(=O)c2cccnc2OC2CN(Cc3cccnc3)CC2N1Cc1ccccn1. The summed E-state index contributed by atoms with van der Waals surface area (Å²) in [4.78, 5) is 41.7. The van der Waals surface area contributed by atoms with E-state index in [1.165, 1.54) is 4.31 Å². The first kappa shape index (κ1) is 42.1. The number of carboxylic acid groups (broad SMARTS) is 3. The van der Waals surface area contributed by atoms with E-state index in [4.69, 9.17) is 34.4 Å². The van der Waals surface area contributed by atoms with Gasteiger partial charge in [-0.25, -0.2) is 27.8 Å². The lowest BCUT2D eigenvalue weighted by Crippen LogP contribution is -2.46. The van der Waals surface area contributed by atoms with Gasteiger partial charge in [-0.1, -0.05) is 12.1 Å². The molecule has 0 radical (unpaired) electrons. The first-order valence-corrected chi connectivity index (χ1v) is 14.9. The van der Waals surface area contributed by atoms with Crippen LogP contribution in [0.4, 0.5) is 39.5 Å². The minimum Gasteiger partial charge on any atom is -0.475 e. The summed E-state index contributed by atoms with van der Waals surface area (Å²) in [6.45, 7) is 2.02. The number of alkyl halides is 9. The van der Waals surface area contributed by atoms with Gasteiger partial charge >= 0.3 is 36.4 Å². The molecule has 51 heavy (non-hydrogen) atoms. The van der Waals surface area contributed by atoms with Gasteiger partial charge in [-0.15, -0.1) is 0 Å². The van der Waals surface area contributed by atoms with Crippen molar-refractivity contribution in [3.8, 4) is 5.88 Å². The normalized spacial score (nSPS) is 18.3. The molecule has 0 aromatic carbocycles. The molecule has 24 heteroatoms. The second-order valence-corrected chi connectivity index (χ2v) is 11.7. The van der Waals surface area contributed by atoms with Crippen LogP contribution in [0.25, 0.3) is 0 Å². The van der Waals surface area contributed by atoms with Crippen molar-refractivity contribution < 1.29 is 82.4 Å². The zero-order valence-electron chi connectivity index (χ0n) is 25.2. The maximum atomic E-state index is 13.6. The van der Waals surface area contributed by atoms with Gasteiger partial charge in [0.15, 0.2) is 0 Å². The van der Waals surface area contributed by atoms with Gasteiger partial charge in [-0.05, 0) is 35.9 Å².